The van der Waals surface area contributed by atoms with Gasteiger partial charge in [-0.3, -0.25) is 14.4 Å². The largest absolute Gasteiger partial charge is 0.486 e. The maximum atomic E-state index is 12.4. The van der Waals surface area contributed by atoms with Crippen LogP contribution in [-0.4, -0.2) is 55.3 Å². The summed E-state index contributed by atoms with van der Waals surface area (Å²) in [6.07, 6.45) is 1.68. The van der Waals surface area contributed by atoms with Gasteiger partial charge in [0, 0.05) is 32.0 Å². The number of amides is 2. The van der Waals surface area contributed by atoms with Crippen molar-refractivity contribution in [3.8, 4) is 11.5 Å². The van der Waals surface area contributed by atoms with Gasteiger partial charge in [0.2, 0.25) is 11.8 Å². The standard InChI is InChI=1S/C18H22N2O5/c1-19-18(23)13-3-2-8-20(13)17(22)7-5-14(21)12-4-6-15-16(11-12)25-10-9-24-15/h4,6,11,13H,2-3,5,7-10H2,1H3,(H,19,23)/t13-/m0/s1. The number of benzene rings is 1. The van der Waals surface area contributed by atoms with Gasteiger partial charge in [-0.1, -0.05) is 0 Å². The van der Waals surface area contributed by atoms with Crippen molar-refractivity contribution in [3.05, 3.63) is 23.8 Å². The highest BCUT2D eigenvalue weighted by Crippen LogP contribution is 2.31. The molecule has 2 aliphatic rings. The number of nitrogens with zero attached hydrogens (tertiary/aromatic N) is 1. The third kappa shape index (κ3) is 3.75. The van der Waals surface area contributed by atoms with E-state index in [0.29, 0.717) is 43.2 Å². The van der Waals surface area contributed by atoms with Gasteiger partial charge >= 0.3 is 0 Å². The summed E-state index contributed by atoms with van der Waals surface area (Å²) >= 11 is 0. The zero-order valence-electron chi connectivity index (χ0n) is 14.2. The molecule has 7 heteroatoms. The molecule has 1 atom stereocenters. The minimum atomic E-state index is -0.415. The van der Waals surface area contributed by atoms with Gasteiger partial charge in [0.25, 0.3) is 0 Å². The van der Waals surface area contributed by atoms with E-state index >= 15 is 0 Å². The van der Waals surface area contributed by atoms with E-state index in [1.54, 1.807) is 30.1 Å². The third-order valence-electron chi connectivity index (χ3n) is 4.55. The van der Waals surface area contributed by atoms with Crippen LogP contribution < -0.4 is 14.8 Å². The molecule has 2 heterocycles. The number of hydrogen-bond acceptors (Lipinski definition) is 5. The average Bonchev–Trinajstić information content (AvgIpc) is 3.14. The van der Waals surface area contributed by atoms with E-state index in [-0.39, 0.29) is 30.4 Å². The fraction of sp³-hybridized carbons (Fsp3) is 0.500. The molecule has 0 aliphatic carbocycles. The summed E-state index contributed by atoms with van der Waals surface area (Å²) < 4.78 is 10.9. The van der Waals surface area contributed by atoms with Crippen LogP contribution in [0.2, 0.25) is 0 Å². The van der Waals surface area contributed by atoms with Crippen LogP contribution in [0.1, 0.15) is 36.0 Å². The van der Waals surface area contributed by atoms with E-state index in [1.165, 1.54) is 0 Å². The van der Waals surface area contributed by atoms with Gasteiger partial charge in [-0.2, -0.15) is 0 Å². The maximum absolute atomic E-state index is 12.4. The van der Waals surface area contributed by atoms with Crippen LogP contribution >= 0.6 is 0 Å². The highest BCUT2D eigenvalue weighted by Gasteiger charge is 2.33. The van der Waals surface area contributed by atoms with Gasteiger partial charge in [-0.15, -0.1) is 0 Å². The molecule has 1 aromatic carbocycles. The number of ketones is 1. The predicted octanol–water partition coefficient (Wildman–Crippen LogP) is 1.16. The Morgan fingerprint density at radius 2 is 1.92 bits per heavy atom. The predicted molar refractivity (Wildman–Crippen MR) is 89.8 cm³/mol. The lowest BCUT2D eigenvalue weighted by atomic mass is 10.0. The highest BCUT2D eigenvalue weighted by molar-refractivity contribution is 5.99. The first kappa shape index (κ1) is 17.3. The molecule has 25 heavy (non-hydrogen) atoms. The Kier molecular flexibility index (Phi) is 5.21. The van der Waals surface area contributed by atoms with E-state index in [9.17, 15) is 14.4 Å². The molecule has 1 saturated heterocycles. The number of likely N-dealkylation sites (tertiary alicyclic amines) is 1. The van der Waals surface area contributed by atoms with Gasteiger partial charge in [0.1, 0.15) is 19.3 Å². The molecule has 0 aromatic heterocycles. The van der Waals surface area contributed by atoms with E-state index in [2.05, 4.69) is 5.32 Å². The van der Waals surface area contributed by atoms with Crippen LogP contribution in [0.4, 0.5) is 0 Å². The number of ether oxygens (including phenoxy) is 2. The second-order valence-electron chi connectivity index (χ2n) is 6.14. The molecule has 0 saturated carbocycles. The number of fused-ring (bicyclic) bond motifs is 1. The molecule has 0 bridgehead atoms. The van der Waals surface area contributed by atoms with Gasteiger partial charge < -0.3 is 19.7 Å². The molecule has 134 valence electrons. The molecule has 1 aromatic rings. The van der Waals surface area contributed by atoms with E-state index in [4.69, 9.17) is 9.47 Å². The van der Waals surface area contributed by atoms with Crippen LogP contribution in [0.25, 0.3) is 0 Å². The summed E-state index contributed by atoms with van der Waals surface area (Å²) in [4.78, 5) is 38.2. The summed E-state index contributed by atoms with van der Waals surface area (Å²) in [5.74, 6) is 0.758. The van der Waals surface area contributed by atoms with Crippen molar-refractivity contribution >= 4 is 17.6 Å². The Balaban J connectivity index is 1.58. The Bertz CT molecular complexity index is 688. The van der Waals surface area contributed by atoms with E-state index < -0.39 is 6.04 Å². The quantitative estimate of drug-likeness (QED) is 0.809. The first-order valence-electron chi connectivity index (χ1n) is 8.54. The maximum Gasteiger partial charge on any atom is 0.242 e. The fourth-order valence-corrected chi connectivity index (χ4v) is 3.23. The fourth-order valence-electron chi connectivity index (χ4n) is 3.23. The molecular formula is C18H22N2O5. The lowest BCUT2D eigenvalue weighted by Gasteiger charge is -2.23. The molecule has 2 aliphatic heterocycles. The Labute approximate surface area is 146 Å². The second kappa shape index (κ2) is 7.55. The van der Waals surface area contributed by atoms with Crippen molar-refractivity contribution in [2.24, 2.45) is 0 Å². The summed E-state index contributed by atoms with van der Waals surface area (Å²) in [5.41, 5.74) is 0.501. The van der Waals surface area contributed by atoms with E-state index in [1.807, 2.05) is 0 Å². The van der Waals surface area contributed by atoms with Crippen LogP contribution in [0, 0.1) is 0 Å². The Morgan fingerprint density at radius 3 is 2.68 bits per heavy atom. The van der Waals surface area contributed by atoms with Crippen molar-refractivity contribution in [2.45, 2.75) is 31.7 Å². The molecule has 7 nitrogen and oxygen atoms in total. The molecule has 1 N–H and O–H groups in total. The number of carbonyl (C=O) groups excluding carboxylic acids is 3. The molecule has 0 spiro atoms. The lowest BCUT2D eigenvalue weighted by Crippen LogP contribution is -2.44. The third-order valence-corrected chi connectivity index (χ3v) is 4.55. The number of hydrogen-bond donors (Lipinski definition) is 1. The average molecular weight is 346 g/mol. The smallest absolute Gasteiger partial charge is 0.242 e. The minimum Gasteiger partial charge on any atom is -0.486 e. The van der Waals surface area contributed by atoms with Gasteiger partial charge in [-0.25, -0.2) is 0 Å². The van der Waals surface area contributed by atoms with Crippen molar-refractivity contribution in [1.82, 2.24) is 10.2 Å². The normalized spacial score (nSPS) is 18.8. The SMILES string of the molecule is CNC(=O)[C@@H]1CCCN1C(=O)CCC(=O)c1ccc2c(c1)OCCO2. The van der Waals surface area contributed by atoms with Crippen LogP contribution in [0.15, 0.2) is 18.2 Å². The molecular weight excluding hydrogens is 324 g/mol. The number of Topliss-reactive ketones (excluding diaryl/α,β-unsaturated/α-hetero) is 1. The van der Waals surface area contributed by atoms with Crippen LogP contribution in [0.3, 0.4) is 0 Å². The number of likely N-dealkylation sites (N-methyl/N-ethyl adjacent to an activating group) is 1. The van der Waals surface area contributed by atoms with Gasteiger partial charge in [-0.05, 0) is 31.0 Å². The van der Waals surface area contributed by atoms with Crippen molar-refractivity contribution < 1.29 is 23.9 Å². The highest BCUT2D eigenvalue weighted by atomic mass is 16.6. The second-order valence-corrected chi connectivity index (χ2v) is 6.14. The molecule has 2 amide bonds. The Morgan fingerprint density at radius 1 is 1.16 bits per heavy atom. The summed E-state index contributed by atoms with van der Waals surface area (Å²) in [5, 5.41) is 2.59. The van der Waals surface area contributed by atoms with Crippen molar-refractivity contribution in [2.75, 3.05) is 26.8 Å². The van der Waals surface area contributed by atoms with Crippen LogP contribution in [-0.2, 0) is 9.59 Å². The minimum absolute atomic E-state index is 0.0980. The zero-order valence-corrected chi connectivity index (χ0v) is 14.2. The lowest BCUT2D eigenvalue weighted by molar-refractivity contribution is -0.138. The van der Waals surface area contributed by atoms with Crippen molar-refractivity contribution in [1.29, 1.82) is 0 Å². The summed E-state index contributed by atoms with van der Waals surface area (Å²) in [7, 11) is 1.56. The molecule has 0 radical (unpaired) electrons. The first-order valence-corrected chi connectivity index (χ1v) is 8.54. The molecule has 1 fully saturated rings. The van der Waals surface area contributed by atoms with Crippen LogP contribution in [0.5, 0.6) is 11.5 Å². The summed E-state index contributed by atoms with van der Waals surface area (Å²) in [6.45, 7) is 1.52. The van der Waals surface area contributed by atoms with Gasteiger partial charge in [0.05, 0.1) is 0 Å². The summed E-state index contributed by atoms with van der Waals surface area (Å²) in [6, 6.07) is 4.64. The topological polar surface area (TPSA) is 84.9 Å². The van der Waals surface area contributed by atoms with Gasteiger partial charge in [0.15, 0.2) is 17.3 Å². The zero-order chi connectivity index (χ0) is 17.8. The first-order chi connectivity index (χ1) is 12.1. The van der Waals surface area contributed by atoms with E-state index in [0.717, 1.165) is 6.42 Å². The number of rotatable bonds is 5. The number of nitrogens with one attached hydrogen (secondary N) is 1. The molecule has 3 rings (SSSR count). The number of carbonyl (C=O) groups is 3. The monoisotopic (exact) mass is 346 g/mol. The Hall–Kier alpha value is -2.57. The molecule has 0 unspecified atom stereocenters. The van der Waals surface area contributed by atoms with Crippen molar-refractivity contribution in [3.63, 3.8) is 0 Å².